The summed E-state index contributed by atoms with van der Waals surface area (Å²) in [5.41, 5.74) is 10.1. The number of nitrogens with zero attached hydrogens (tertiary/aromatic N) is 5. The van der Waals surface area contributed by atoms with Gasteiger partial charge in [0.1, 0.15) is 17.3 Å². The van der Waals surface area contributed by atoms with Gasteiger partial charge in [-0.1, -0.05) is 88.4 Å². The number of rotatable bonds is 7. The summed E-state index contributed by atoms with van der Waals surface area (Å²) in [6.45, 7) is 8.99. The molecule has 46 heavy (non-hydrogen) atoms. The molecule has 3 aromatic heterocycles. The summed E-state index contributed by atoms with van der Waals surface area (Å²) in [5, 5.41) is 0. The molecule has 0 amide bonds. The van der Waals surface area contributed by atoms with Crippen LogP contribution in [0.4, 0.5) is 0 Å². The summed E-state index contributed by atoms with van der Waals surface area (Å²) in [7, 11) is 0. The predicted octanol–water partition coefficient (Wildman–Crippen LogP) is 10.3. The van der Waals surface area contributed by atoms with Crippen LogP contribution in [0.3, 0.4) is 0 Å². The molecule has 6 nitrogen and oxygen atoms in total. The van der Waals surface area contributed by atoms with Crippen molar-refractivity contribution in [3.63, 3.8) is 0 Å². The van der Waals surface area contributed by atoms with Crippen LogP contribution in [0.15, 0.2) is 128 Å². The van der Waals surface area contributed by atoms with Gasteiger partial charge in [0.25, 0.3) is 0 Å². The Hall–Kier alpha value is -5.62. The fourth-order valence-corrected chi connectivity index (χ4v) is 6.61. The third-order valence-corrected chi connectivity index (χ3v) is 8.73. The van der Waals surface area contributed by atoms with Crippen LogP contribution in [0.1, 0.15) is 50.7 Å². The van der Waals surface area contributed by atoms with Crippen LogP contribution >= 0.6 is 0 Å². The quantitative estimate of drug-likeness (QED) is 0.183. The molecule has 3 heterocycles. The Bertz CT molecular complexity index is 2340. The van der Waals surface area contributed by atoms with E-state index < -0.39 is 0 Å². The van der Waals surface area contributed by atoms with Crippen molar-refractivity contribution < 1.29 is 4.74 Å². The molecule has 0 aliphatic carbocycles. The topological polar surface area (TPSA) is 49.3 Å². The van der Waals surface area contributed by atoms with Crippen molar-refractivity contribution in [3.05, 3.63) is 139 Å². The van der Waals surface area contributed by atoms with Crippen molar-refractivity contribution in [2.75, 3.05) is 0 Å². The van der Waals surface area contributed by atoms with Crippen molar-refractivity contribution >= 4 is 27.8 Å². The molecule has 8 aromatic rings. The predicted molar refractivity (Wildman–Crippen MR) is 187 cm³/mol. The summed E-state index contributed by atoms with van der Waals surface area (Å²) in [6.07, 6.45) is 3.95. The molecule has 0 fully saturated rings. The normalized spacial score (nSPS) is 11.9. The molecule has 0 saturated carbocycles. The number of hydrogen-bond donors (Lipinski definition) is 0. The molecule has 0 N–H and O–H groups in total. The van der Waals surface area contributed by atoms with Gasteiger partial charge in [0, 0.05) is 24.0 Å². The Balaban J connectivity index is 1.18. The second-order valence-electron chi connectivity index (χ2n) is 12.4. The number of ether oxygens (including phenoxy) is 1. The molecule has 0 bridgehead atoms. The molecule has 226 valence electrons. The molecule has 5 aromatic carbocycles. The summed E-state index contributed by atoms with van der Waals surface area (Å²) in [4.78, 5) is 9.86. The summed E-state index contributed by atoms with van der Waals surface area (Å²) in [5.74, 6) is 4.02. The highest BCUT2D eigenvalue weighted by Crippen LogP contribution is 2.36. The van der Waals surface area contributed by atoms with Crippen molar-refractivity contribution in [3.8, 4) is 34.3 Å². The number of benzene rings is 5. The standard InChI is InChI=1S/C40H35N5O/c1-26(2)32-16-11-17-33(27(3)4)38(32)43-23-22-41-39(43)28-12-9-14-30(24-28)46-31-15-10-13-29(25-31)44-36-20-7-8-21-37(36)45-35-19-6-5-18-34(35)42-40(44)45/h5-27H,1-4H3. The van der Waals surface area contributed by atoms with Crippen LogP contribution in [0.5, 0.6) is 11.5 Å². The SMILES string of the molecule is CC(C)c1cccc(C(C)C)c1-n1ccnc1-c1cccc(Oc2cccc(-n3c4ccccc4n4c5ccccc5nc34)c2)c1. The largest absolute Gasteiger partial charge is 0.457 e. The Morgan fingerprint density at radius 3 is 2.04 bits per heavy atom. The van der Waals surface area contributed by atoms with Gasteiger partial charge in [0.05, 0.1) is 33.4 Å². The first-order valence-corrected chi connectivity index (χ1v) is 15.9. The lowest BCUT2D eigenvalue weighted by Gasteiger charge is -2.22. The van der Waals surface area contributed by atoms with E-state index in [-0.39, 0.29) is 0 Å². The molecule has 8 rings (SSSR count). The van der Waals surface area contributed by atoms with Gasteiger partial charge >= 0.3 is 0 Å². The van der Waals surface area contributed by atoms with Crippen molar-refractivity contribution in [2.24, 2.45) is 0 Å². The molecule has 0 aliphatic heterocycles. The van der Waals surface area contributed by atoms with Gasteiger partial charge in [-0.05, 0) is 71.5 Å². The van der Waals surface area contributed by atoms with E-state index in [2.05, 4.69) is 132 Å². The number of para-hydroxylation sites is 5. The minimum Gasteiger partial charge on any atom is -0.457 e. The fraction of sp³-hybridized carbons (Fsp3) is 0.150. The molecule has 0 aliphatic rings. The number of hydrogen-bond acceptors (Lipinski definition) is 3. The molecule has 0 radical (unpaired) electrons. The van der Waals surface area contributed by atoms with Crippen molar-refractivity contribution in [1.29, 1.82) is 0 Å². The Morgan fingerprint density at radius 2 is 1.28 bits per heavy atom. The molecular weight excluding hydrogens is 566 g/mol. The monoisotopic (exact) mass is 601 g/mol. The number of imidazole rings is 3. The lowest BCUT2D eigenvalue weighted by atomic mass is 9.92. The second-order valence-corrected chi connectivity index (χ2v) is 12.4. The number of aromatic nitrogens is 5. The summed E-state index contributed by atoms with van der Waals surface area (Å²) in [6, 6.07) is 39.7. The van der Waals surface area contributed by atoms with Crippen LogP contribution in [0.25, 0.3) is 50.6 Å². The third kappa shape index (κ3) is 4.57. The minimum absolute atomic E-state index is 0.380. The fourth-order valence-electron chi connectivity index (χ4n) is 6.61. The van der Waals surface area contributed by atoms with E-state index in [1.807, 2.05) is 36.5 Å². The van der Waals surface area contributed by atoms with Crippen molar-refractivity contribution in [2.45, 2.75) is 39.5 Å². The van der Waals surface area contributed by atoms with E-state index in [1.165, 1.54) is 16.8 Å². The molecule has 0 spiro atoms. The Kier molecular flexibility index (Phi) is 6.71. The highest BCUT2D eigenvalue weighted by molar-refractivity contribution is 5.92. The molecule has 0 unspecified atom stereocenters. The third-order valence-electron chi connectivity index (χ3n) is 8.73. The highest BCUT2D eigenvalue weighted by atomic mass is 16.5. The van der Waals surface area contributed by atoms with Gasteiger partial charge in [-0.15, -0.1) is 0 Å². The summed E-state index contributed by atoms with van der Waals surface area (Å²) < 4.78 is 13.2. The maximum absolute atomic E-state index is 6.53. The highest BCUT2D eigenvalue weighted by Gasteiger charge is 2.20. The van der Waals surface area contributed by atoms with E-state index in [9.17, 15) is 0 Å². The molecule has 0 atom stereocenters. The lowest BCUT2D eigenvalue weighted by Crippen LogP contribution is -2.07. The molecule has 6 heteroatoms. The van der Waals surface area contributed by atoms with Crippen LogP contribution in [-0.2, 0) is 0 Å². The first-order valence-electron chi connectivity index (χ1n) is 15.9. The van der Waals surface area contributed by atoms with E-state index in [0.717, 1.165) is 56.4 Å². The first-order chi connectivity index (χ1) is 22.5. The smallest absolute Gasteiger partial charge is 0.220 e. The van der Waals surface area contributed by atoms with Gasteiger partial charge in [-0.3, -0.25) is 13.5 Å². The van der Waals surface area contributed by atoms with E-state index in [4.69, 9.17) is 14.7 Å². The van der Waals surface area contributed by atoms with Gasteiger partial charge in [0.2, 0.25) is 5.78 Å². The number of fused-ring (bicyclic) bond motifs is 5. The lowest BCUT2D eigenvalue weighted by molar-refractivity contribution is 0.482. The second kappa shape index (κ2) is 11.1. The Morgan fingerprint density at radius 1 is 0.630 bits per heavy atom. The average molecular weight is 602 g/mol. The summed E-state index contributed by atoms with van der Waals surface area (Å²) >= 11 is 0. The van der Waals surface area contributed by atoms with Crippen LogP contribution in [0.2, 0.25) is 0 Å². The zero-order valence-electron chi connectivity index (χ0n) is 26.4. The Labute approximate surface area is 268 Å². The first kappa shape index (κ1) is 27.9. The maximum Gasteiger partial charge on any atom is 0.220 e. The van der Waals surface area contributed by atoms with Gasteiger partial charge < -0.3 is 4.74 Å². The van der Waals surface area contributed by atoms with Crippen LogP contribution in [0, 0.1) is 0 Å². The van der Waals surface area contributed by atoms with E-state index >= 15 is 0 Å². The maximum atomic E-state index is 6.53. The van der Waals surface area contributed by atoms with Crippen LogP contribution in [-0.4, -0.2) is 23.5 Å². The zero-order valence-corrected chi connectivity index (χ0v) is 26.4. The van der Waals surface area contributed by atoms with Gasteiger partial charge in [0.15, 0.2) is 0 Å². The van der Waals surface area contributed by atoms with Gasteiger partial charge in [-0.25, -0.2) is 9.97 Å². The zero-order chi connectivity index (χ0) is 31.4. The minimum atomic E-state index is 0.380. The van der Waals surface area contributed by atoms with Gasteiger partial charge in [-0.2, -0.15) is 0 Å². The molecule has 0 saturated heterocycles. The molecular formula is C40H35N5O. The average Bonchev–Trinajstić information content (AvgIpc) is 3.78. The van der Waals surface area contributed by atoms with Crippen molar-refractivity contribution in [1.82, 2.24) is 23.5 Å². The van der Waals surface area contributed by atoms with Crippen LogP contribution < -0.4 is 4.74 Å². The van der Waals surface area contributed by atoms with E-state index in [0.29, 0.717) is 11.8 Å². The van der Waals surface area contributed by atoms with E-state index in [1.54, 1.807) is 0 Å².